The first-order chi connectivity index (χ1) is 9.10. The third-order valence-electron chi connectivity index (χ3n) is 3.50. The van der Waals surface area contributed by atoms with Crippen LogP contribution in [0.4, 0.5) is 5.69 Å². The van der Waals surface area contributed by atoms with Gasteiger partial charge in [0, 0.05) is 11.6 Å². The first kappa shape index (κ1) is 13.5. The Balaban J connectivity index is 2.21. The van der Waals surface area contributed by atoms with Crippen LogP contribution in [0.1, 0.15) is 43.0 Å². The van der Waals surface area contributed by atoms with E-state index in [0.717, 1.165) is 19.3 Å². The Morgan fingerprint density at radius 2 is 2.21 bits per heavy atom. The number of aldehydes is 1. The van der Waals surface area contributed by atoms with E-state index in [4.69, 9.17) is 4.74 Å². The van der Waals surface area contributed by atoms with Gasteiger partial charge in [-0.05, 0) is 37.3 Å². The van der Waals surface area contributed by atoms with Crippen LogP contribution in [-0.4, -0.2) is 17.3 Å². The highest BCUT2D eigenvalue weighted by Crippen LogP contribution is 2.32. The smallest absolute Gasteiger partial charge is 0.310 e. The van der Waals surface area contributed by atoms with Gasteiger partial charge < -0.3 is 4.74 Å². The predicted octanol–water partition coefficient (Wildman–Crippen LogP) is 3.36. The summed E-state index contributed by atoms with van der Waals surface area (Å²) in [7, 11) is 0. The number of nitro groups is 1. The van der Waals surface area contributed by atoms with Crippen LogP contribution in [0.5, 0.6) is 5.75 Å². The fourth-order valence-corrected chi connectivity index (χ4v) is 2.51. The topological polar surface area (TPSA) is 69.4 Å². The van der Waals surface area contributed by atoms with Crippen LogP contribution >= 0.6 is 0 Å². The summed E-state index contributed by atoms with van der Waals surface area (Å²) in [4.78, 5) is 21.2. The number of nitro benzene ring substituents is 1. The van der Waals surface area contributed by atoms with E-state index in [0.29, 0.717) is 17.8 Å². The van der Waals surface area contributed by atoms with Crippen molar-refractivity contribution in [3.05, 3.63) is 33.9 Å². The van der Waals surface area contributed by atoms with E-state index in [1.165, 1.54) is 24.6 Å². The lowest BCUT2D eigenvalue weighted by Gasteiger charge is -2.27. The first-order valence-electron chi connectivity index (χ1n) is 6.50. The molecule has 1 fully saturated rings. The van der Waals surface area contributed by atoms with Gasteiger partial charge in [-0.15, -0.1) is 0 Å². The Kier molecular flexibility index (Phi) is 4.14. The highest BCUT2D eigenvalue weighted by Gasteiger charge is 2.24. The summed E-state index contributed by atoms with van der Waals surface area (Å²) in [6.07, 6.45) is 4.74. The van der Waals surface area contributed by atoms with Crippen LogP contribution < -0.4 is 4.74 Å². The largest absolute Gasteiger partial charge is 0.483 e. The van der Waals surface area contributed by atoms with Crippen LogP contribution in [0.3, 0.4) is 0 Å². The molecular formula is C14H17NO4. The second-order valence-corrected chi connectivity index (χ2v) is 5.11. The van der Waals surface area contributed by atoms with Gasteiger partial charge in [0.1, 0.15) is 6.29 Å². The van der Waals surface area contributed by atoms with Gasteiger partial charge in [0.2, 0.25) is 0 Å². The van der Waals surface area contributed by atoms with E-state index in [-0.39, 0.29) is 17.5 Å². The minimum atomic E-state index is -0.476. The summed E-state index contributed by atoms with van der Waals surface area (Å²) in [6, 6.07) is 4.21. The van der Waals surface area contributed by atoms with Gasteiger partial charge in [-0.25, -0.2) is 0 Å². The van der Waals surface area contributed by atoms with Crippen LogP contribution in [0.15, 0.2) is 18.2 Å². The number of rotatable bonds is 4. The maximum absolute atomic E-state index is 11.0. The van der Waals surface area contributed by atoms with Crippen LogP contribution in [0, 0.1) is 16.0 Å². The molecule has 5 heteroatoms. The lowest BCUT2D eigenvalue weighted by molar-refractivity contribution is -0.386. The number of benzene rings is 1. The van der Waals surface area contributed by atoms with Crippen molar-refractivity contribution >= 4 is 12.0 Å². The highest BCUT2D eigenvalue weighted by molar-refractivity contribution is 5.76. The zero-order chi connectivity index (χ0) is 13.8. The second-order valence-electron chi connectivity index (χ2n) is 5.11. The van der Waals surface area contributed by atoms with Crippen molar-refractivity contribution in [2.45, 2.75) is 38.7 Å². The predicted molar refractivity (Wildman–Crippen MR) is 70.5 cm³/mol. The zero-order valence-electron chi connectivity index (χ0n) is 10.9. The summed E-state index contributed by atoms with van der Waals surface area (Å²) < 4.78 is 5.76. The van der Waals surface area contributed by atoms with Crippen molar-refractivity contribution in [2.24, 2.45) is 5.92 Å². The quantitative estimate of drug-likeness (QED) is 0.474. The monoisotopic (exact) mass is 263 g/mol. The molecule has 0 N–H and O–H groups in total. The molecule has 0 saturated heterocycles. The minimum Gasteiger partial charge on any atom is -0.483 e. The van der Waals surface area contributed by atoms with Crippen molar-refractivity contribution in [1.29, 1.82) is 0 Å². The van der Waals surface area contributed by atoms with Gasteiger partial charge in [0.25, 0.3) is 0 Å². The van der Waals surface area contributed by atoms with E-state index >= 15 is 0 Å². The Hall–Kier alpha value is -1.91. The van der Waals surface area contributed by atoms with Gasteiger partial charge in [-0.3, -0.25) is 14.9 Å². The molecule has 1 saturated carbocycles. The Bertz CT molecular complexity index is 486. The van der Waals surface area contributed by atoms with E-state index in [9.17, 15) is 14.9 Å². The molecule has 2 rings (SSSR count). The maximum atomic E-state index is 11.0. The van der Waals surface area contributed by atoms with Gasteiger partial charge in [-0.2, -0.15) is 0 Å². The molecule has 0 heterocycles. The lowest BCUT2D eigenvalue weighted by Crippen LogP contribution is -2.24. The molecule has 1 aromatic carbocycles. The molecule has 102 valence electrons. The Labute approximate surface area is 111 Å². The summed E-state index contributed by atoms with van der Waals surface area (Å²) in [5.41, 5.74) is 0.313. The van der Waals surface area contributed by atoms with Crippen molar-refractivity contribution in [2.75, 3.05) is 0 Å². The molecule has 19 heavy (non-hydrogen) atoms. The van der Waals surface area contributed by atoms with Crippen molar-refractivity contribution in [1.82, 2.24) is 0 Å². The molecule has 0 radical (unpaired) electrons. The normalized spacial score (nSPS) is 22.8. The maximum Gasteiger partial charge on any atom is 0.310 e. The molecule has 2 unspecified atom stereocenters. The third-order valence-corrected chi connectivity index (χ3v) is 3.50. The van der Waals surface area contributed by atoms with Crippen LogP contribution in [-0.2, 0) is 0 Å². The Morgan fingerprint density at radius 3 is 2.84 bits per heavy atom. The first-order valence-corrected chi connectivity index (χ1v) is 6.50. The number of carbonyl (C=O) groups is 1. The van der Waals surface area contributed by atoms with Gasteiger partial charge >= 0.3 is 5.69 Å². The number of hydrogen-bond acceptors (Lipinski definition) is 4. The summed E-state index contributed by atoms with van der Waals surface area (Å²) >= 11 is 0. The van der Waals surface area contributed by atoms with Gasteiger partial charge in [-0.1, -0.05) is 13.3 Å². The molecular weight excluding hydrogens is 246 g/mol. The lowest BCUT2D eigenvalue weighted by atomic mass is 9.89. The molecule has 0 aliphatic heterocycles. The molecule has 1 aliphatic carbocycles. The summed E-state index contributed by atoms with van der Waals surface area (Å²) in [5.74, 6) is 0.778. The molecule has 0 spiro atoms. The molecule has 0 aromatic heterocycles. The average molecular weight is 263 g/mol. The zero-order valence-corrected chi connectivity index (χ0v) is 10.9. The summed E-state index contributed by atoms with van der Waals surface area (Å²) in [5, 5.41) is 11.0. The van der Waals surface area contributed by atoms with E-state index in [1.807, 2.05) is 0 Å². The minimum absolute atomic E-state index is 0.00403. The van der Waals surface area contributed by atoms with Crippen molar-refractivity contribution in [3.63, 3.8) is 0 Å². The highest BCUT2D eigenvalue weighted by atomic mass is 16.6. The van der Waals surface area contributed by atoms with Crippen molar-refractivity contribution < 1.29 is 14.5 Å². The molecule has 1 aliphatic rings. The van der Waals surface area contributed by atoms with E-state index in [1.54, 1.807) is 0 Å². The number of nitrogens with zero attached hydrogens (tertiary/aromatic N) is 1. The molecule has 1 aromatic rings. The average Bonchev–Trinajstić information content (AvgIpc) is 2.38. The Morgan fingerprint density at radius 1 is 1.42 bits per heavy atom. The number of carbonyl (C=O) groups excluding carboxylic acids is 1. The SMILES string of the molecule is CC1CCCC(Oc2cc(C=O)ccc2[N+](=O)[O-])C1. The molecule has 5 nitrogen and oxygen atoms in total. The fourth-order valence-electron chi connectivity index (χ4n) is 2.51. The van der Waals surface area contributed by atoms with E-state index < -0.39 is 4.92 Å². The third kappa shape index (κ3) is 3.30. The number of ether oxygens (including phenoxy) is 1. The molecule has 0 bridgehead atoms. The van der Waals surface area contributed by atoms with Gasteiger partial charge in [0.05, 0.1) is 11.0 Å². The fraction of sp³-hybridized carbons (Fsp3) is 0.500. The van der Waals surface area contributed by atoms with Crippen LogP contribution in [0.2, 0.25) is 0 Å². The summed E-state index contributed by atoms with van der Waals surface area (Å²) in [6.45, 7) is 2.16. The molecule has 2 atom stereocenters. The van der Waals surface area contributed by atoms with Gasteiger partial charge in [0.15, 0.2) is 5.75 Å². The second kappa shape index (κ2) is 5.82. The van der Waals surface area contributed by atoms with Crippen LogP contribution in [0.25, 0.3) is 0 Å². The van der Waals surface area contributed by atoms with E-state index in [2.05, 4.69) is 6.92 Å². The standard InChI is InChI=1S/C14H17NO4/c1-10-3-2-4-12(7-10)19-14-8-11(9-16)5-6-13(14)15(17)18/h5-6,8-10,12H,2-4,7H2,1H3. The van der Waals surface area contributed by atoms with Crippen molar-refractivity contribution in [3.8, 4) is 5.75 Å². The molecule has 0 amide bonds. The number of hydrogen-bond donors (Lipinski definition) is 0.